The van der Waals surface area contributed by atoms with E-state index in [-0.39, 0.29) is 11.7 Å². The fraction of sp³-hybridized carbons (Fsp3) is 0.143. The van der Waals surface area contributed by atoms with Gasteiger partial charge in [0.1, 0.15) is 4.92 Å². The Balaban J connectivity index is 2.21. The maximum Gasteiger partial charge on any atom is 0.433 e. The Bertz CT molecular complexity index is 751. The van der Waals surface area contributed by atoms with Gasteiger partial charge >= 0.3 is 5.88 Å². The van der Waals surface area contributed by atoms with Gasteiger partial charge in [-0.3, -0.25) is 19.7 Å². The highest BCUT2D eigenvalue weighted by Crippen LogP contribution is 2.19. The number of benzene rings is 1. The van der Waals surface area contributed by atoms with Gasteiger partial charge in [-0.05, 0) is 30.7 Å². The Morgan fingerprint density at radius 3 is 2.50 bits per heavy atom. The van der Waals surface area contributed by atoms with Gasteiger partial charge in [-0.2, -0.15) is 0 Å². The molecular formula is C14H13N3O5. The number of nitro groups is 1. The number of hydrogen-bond donors (Lipinski definition) is 2. The summed E-state index contributed by atoms with van der Waals surface area (Å²) in [7, 11) is 1.51. The van der Waals surface area contributed by atoms with Crippen LogP contribution in [0.1, 0.15) is 26.5 Å². The van der Waals surface area contributed by atoms with E-state index in [1.165, 1.54) is 19.2 Å². The minimum atomic E-state index is -0.730. The summed E-state index contributed by atoms with van der Waals surface area (Å²) in [5.41, 5.74) is 1.56. The first kappa shape index (κ1) is 15.2. The van der Waals surface area contributed by atoms with E-state index in [0.29, 0.717) is 11.3 Å². The highest BCUT2D eigenvalue weighted by molar-refractivity contribution is 6.03. The first-order chi connectivity index (χ1) is 10.4. The number of amides is 2. The molecule has 0 unspecified atom stereocenters. The summed E-state index contributed by atoms with van der Waals surface area (Å²) in [5, 5.41) is 15.5. The number of furan rings is 1. The summed E-state index contributed by atoms with van der Waals surface area (Å²) in [6.07, 6.45) is 0. The molecule has 0 fully saturated rings. The molecule has 0 aliphatic carbocycles. The fourth-order valence-electron chi connectivity index (χ4n) is 1.82. The van der Waals surface area contributed by atoms with Crippen molar-refractivity contribution in [1.29, 1.82) is 0 Å². The quantitative estimate of drug-likeness (QED) is 0.663. The van der Waals surface area contributed by atoms with Crippen molar-refractivity contribution in [3.05, 3.63) is 57.3 Å². The zero-order valence-corrected chi connectivity index (χ0v) is 11.9. The van der Waals surface area contributed by atoms with Crippen LogP contribution in [0.3, 0.4) is 0 Å². The van der Waals surface area contributed by atoms with Gasteiger partial charge in [0.05, 0.1) is 6.07 Å². The van der Waals surface area contributed by atoms with E-state index < -0.39 is 16.7 Å². The van der Waals surface area contributed by atoms with Crippen LogP contribution in [-0.2, 0) is 0 Å². The topological polar surface area (TPSA) is 114 Å². The van der Waals surface area contributed by atoms with Crippen molar-refractivity contribution in [2.45, 2.75) is 6.92 Å². The third kappa shape index (κ3) is 3.11. The van der Waals surface area contributed by atoms with Crippen molar-refractivity contribution in [1.82, 2.24) is 5.32 Å². The maximum absolute atomic E-state index is 12.0. The summed E-state index contributed by atoms with van der Waals surface area (Å²) in [4.78, 5) is 33.5. The maximum atomic E-state index is 12.0. The molecule has 0 aliphatic rings. The lowest BCUT2D eigenvalue weighted by molar-refractivity contribution is -0.402. The molecule has 22 heavy (non-hydrogen) atoms. The van der Waals surface area contributed by atoms with Gasteiger partial charge in [-0.1, -0.05) is 6.07 Å². The smallest absolute Gasteiger partial charge is 0.395 e. The molecule has 1 aromatic heterocycles. The zero-order chi connectivity index (χ0) is 16.3. The normalized spacial score (nSPS) is 10.1. The summed E-state index contributed by atoms with van der Waals surface area (Å²) in [5.74, 6) is -1.61. The van der Waals surface area contributed by atoms with Crippen LogP contribution in [0.25, 0.3) is 0 Å². The monoisotopic (exact) mass is 303 g/mol. The number of rotatable bonds is 4. The molecule has 0 radical (unpaired) electrons. The van der Waals surface area contributed by atoms with Crippen LogP contribution in [0.5, 0.6) is 0 Å². The zero-order valence-electron chi connectivity index (χ0n) is 11.9. The molecule has 0 bridgehead atoms. The molecule has 2 aromatic rings. The van der Waals surface area contributed by atoms with Gasteiger partial charge in [-0.25, -0.2) is 0 Å². The highest BCUT2D eigenvalue weighted by Gasteiger charge is 2.18. The second-order valence-corrected chi connectivity index (χ2v) is 4.46. The van der Waals surface area contributed by atoms with Crippen molar-refractivity contribution in [3.63, 3.8) is 0 Å². The first-order valence-corrected chi connectivity index (χ1v) is 6.30. The Hall–Kier alpha value is -3.16. The van der Waals surface area contributed by atoms with Crippen LogP contribution >= 0.6 is 0 Å². The summed E-state index contributed by atoms with van der Waals surface area (Å²) in [6, 6.07) is 7.13. The largest absolute Gasteiger partial charge is 0.433 e. The average Bonchev–Trinajstić information content (AvgIpc) is 2.98. The van der Waals surface area contributed by atoms with Crippen molar-refractivity contribution < 1.29 is 18.9 Å². The number of nitrogens with zero attached hydrogens (tertiary/aromatic N) is 1. The molecule has 8 heteroatoms. The van der Waals surface area contributed by atoms with Gasteiger partial charge in [0.15, 0.2) is 5.76 Å². The third-order valence-corrected chi connectivity index (χ3v) is 2.96. The minimum Gasteiger partial charge on any atom is -0.395 e. The van der Waals surface area contributed by atoms with Crippen molar-refractivity contribution in [2.24, 2.45) is 0 Å². The average molecular weight is 303 g/mol. The van der Waals surface area contributed by atoms with Crippen LogP contribution < -0.4 is 10.6 Å². The lowest BCUT2D eigenvalue weighted by Gasteiger charge is -2.08. The molecule has 1 aromatic carbocycles. The predicted molar refractivity (Wildman–Crippen MR) is 77.9 cm³/mol. The van der Waals surface area contributed by atoms with Crippen molar-refractivity contribution >= 4 is 23.4 Å². The molecule has 0 saturated carbocycles. The third-order valence-electron chi connectivity index (χ3n) is 2.96. The van der Waals surface area contributed by atoms with E-state index in [4.69, 9.17) is 4.42 Å². The molecule has 1 heterocycles. The van der Waals surface area contributed by atoms with Crippen molar-refractivity contribution in [2.75, 3.05) is 12.4 Å². The molecule has 0 saturated heterocycles. The van der Waals surface area contributed by atoms with E-state index >= 15 is 0 Å². The van der Waals surface area contributed by atoms with Crippen LogP contribution in [0.4, 0.5) is 11.6 Å². The number of carbonyl (C=O) groups is 2. The van der Waals surface area contributed by atoms with Crippen LogP contribution in [0, 0.1) is 17.0 Å². The van der Waals surface area contributed by atoms with Crippen LogP contribution in [0.15, 0.2) is 34.7 Å². The Morgan fingerprint density at radius 2 is 1.91 bits per heavy atom. The molecule has 114 valence electrons. The van der Waals surface area contributed by atoms with Gasteiger partial charge in [-0.15, -0.1) is 0 Å². The van der Waals surface area contributed by atoms with E-state index in [1.54, 1.807) is 19.1 Å². The molecule has 8 nitrogen and oxygen atoms in total. The Morgan fingerprint density at radius 1 is 1.18 bits per heavy atom. The van der Waals surface area contributed by atoms with Gasteiger partial charge in [0, 0.05) is 18.3 Å². The Labute approximate surface area is 125 Å². The summed E-state index contributed by atoms with van der Waals surface area (Å²) >= 11 is 0. The second-order valence-electron chi connectivity index (χ2n) is 4.46. The molecule has 0 atom stereocenters. The number of anilines is 1. The highest BCUT2D eigenvalue weighted by atomic mass is 16.6. The predicted octanol–water partition coefficient (Wildman–Crippen LogP) is 2.11. The number of nitrogens with one attached hydrogen (secondary N) is 2. The number of hydrogen-bond acceptors (Lipinski definition) is 5. The van der Waals surface area contributed by atoms with E-state index in [0.717, 1.165) is 11.6 Å². The molecular weight excluding hydrogens is 290 g/mol. The Kier molecular flexibility index (Phi) is 4.21. The van der Waals surface area contributed by atoms with Gasteiger partial charge in [0.25, 0.3) is 11.8 Å². The van der Waals surface area contributed by atoms with Crippen LogP contribution in [0.2, 0.25) is 0 Å². The number of carbonyl (C=O) groups excluding carboxylic acids is 2. The SMILES string of the molecule is CNC(=O)c1cc(NC(=O)c2ccc([N+](=O)[O-])o2)ccc1C. The standard InChI is InChI=1S/C14H13N3O5/c1-8-3-4-9(7-10(8)13(18)15-2)16-14(19)11-5-6-12(22-11)17(20)21/h3-7H,1-2H3,(H,15,18)(H,16,19). The summed E-state index contributed by atoms with van der Waals surface area (Å²) in [6.45, 7) is 1.77. The van der Waals surface area contributed by atoms with E-state index in [9.17, 15) is 19.7 Å². The molecule has 0 aliphatic heterocycles. The minimum absolute atomic E-state index is 0.186. The van der Waals surface area contributed by atoms with E-state index in [2.05, 4.69) is 10.6 Å². The van der Waals surface area contributed by atoms with Crippen LogP contribution in [-0.4, -0.2) is 23.8 Å². The van der Waals surface area contributed by atoms with E-state index in [1.807, 2.05) is 0 Å². The fourth-order valence-corrected chi connectivity index (χ4v) is 1.82. The number of aryl methyl sites for hydroxylation is 1. The van der Waals surface area contributed by atoms with Gasteiger partial charge < -0.3 is 15.1 Å². The molecule has 2 N–H and O–H groups in total. The summed E-state index contributed by atoms with van der Waals surface area (Å²) < 4.78 is 4.81. The lowest BCUT2D eigenvalue weighted by atomic mass is 10.1. The molecule has 0 spiro atoms. The molecule has 2 amide bonds. The second kappa shape index (κ2) is 6.08. The first-order valence-electron chi connectivity index (χ1n) is 6.30. The lowest BCUT2D eigenvalue weighted by Crippen LogP contribution is -2.19. The van der Waals surface area contributed by atoms with Crippen molar-refractivity contribution in [3.8, 4) is 0 Å². The van der Waals surface area contributed by atoms with Gasteiger partial charge in [0.2, 0.25) is 0 Å². The molecule has 2 rings (SSSR count).